The number of likely N-dealkylation sites (N-methyl/N-ethyl adjacent to an activating group) is 1. The summed E-state index contributed by atoms with van der Waals surface area (Å²) in [5.74, 6) is -0.178. The smallest absolute Gasteiger partial charge is 0.273 e. The van der Waals surface area contributed by atoms with Gasteiger partial charge in [0, 0.05) is 19.6 Å². The fraction of sp³-hybridized carbons (Fsp3) is 0.400. The van der Waals surface area contributed by atoms with Crippen molar-refractivity contribution in [3.8, 4) is 0 Å². The Morgan fingerprint density at radius 3 is 2.76 bits per heavy atom. The number of benzene rings is 1. The molecule has 1 N–H and O–H groups in total. The van der Waals surface area contributed by atoms with Crippen molar-refractivity contribution in [3.63, 3.8) is 0 Å². The van der Waals surface area contributed by atoms with Gasteiger partial charge in [-0.2, -0.15) is 0 Å². The van der Waals surface area contributed by atoms with Gasteiger partial charge in [0.15, 0.2) is 5.69 Å². The van der Waals surface area contributed by atoms with E-state index in [1.807, 2.05) is 37.2 Å². The highest BCUT2D eigenvalue weighted by atomic mass is 16.2. The second kappa shape index (κ2) is 7.54. The number of nitrogens with zero attached hydrogens (tertiary/aromatic N) is 4. The van der Waals surface area contributed by atoms with Gasteiger partial charge in [0.05, 0.1) is 6.20 Å². The van der Waals surface area contributed by atoms with Crippen LogP contribution in [0.5, 0.6) is 0 Å². The molecule has 6 nitrogen and oxygen atoms in total. The predicted octanol–water partition coefficient (Wildman–Crippen LogP) is 0.812. The largest absolute Gasteiger partial charge is 0.349 e. The lowest BCUT2D eigenvalue weighted by Crippen LogP contribution is -2.31. The average molecular weight is 287 g/mol. The maximum atomic E-state index is 11.9. The van der Waals surface area contributed by atoms with Crippen LogP contribution < -0.4 is 5.32 Å². The monoisotopic (exact) mass is 287 g/mol. The summed E-state index contributed by atoms with van der Waals surface area (Å²) in [6.45, 7) is 2.11. The fourth-order valence-electron chi connectivity index (χ4n) is 1.88. The van der Waals surface area contributed by atoms with Crippen LogP contribution in [0.15, 0.2) is 36.5 Å². The lowest BCUT2D eigenvalue weighted by Gasteiger charge is -2.09. The second-order valence-electron chi connectivity index (χ2n) is 5.16. The van der Waals surface area contributed by atoms with Crippen molar-refractivity contribution in [2.75, 3.05) is 27.2 Å². The zero-order valence-electron chi connectivity index (χ0n) is 12.5. The third-order valence-electron chi connectivity index (χ3n) is 3.09. The van der Waals surface area contributed by atoms with Gasteiger partial charge in [0.1, 0.15) is 0 Å². The molecule has 0 saturated heterocycles. The van der Waals surface area contributed by atoms with Crippen molar-refractivity contribution in [2.24, 2.45) is 0 Å². The zero-order valence-corrected chi connectivity index (χ0v) is 12.5. The summed E-state index contributed by atoms with van der Waals surface area (Å²) < 4.78 is 1.70. The van der Waals surface area contributed by atoms with Gasteiger partial charge < -0.3 is 10.2 Å². The molecule has 1 aromatic heterocycles. The molecule has 112 valence electrons. The highest BCUT2D eigenvalue weighted by molar-refractivity contribution is 5.91. The summed E-state index contributed by atoms with van der Waals surface area (Å²) >= 11 is 0. The minimum absolute atomic E-state index is 0.178. The molecule has 6 heteroatoms. The number of hydrogen-bond acceptors (Lipinski definition) is 4. The van der Waals surface area contributed by atoms with E-state index in [-0.39, 0.29) is 5.91 Å². The van der Waals surface area contributed by atoms with E-state index in [1.54, 1.807) is 10.9 Å². The van der Waals surface area contributed by atoms with Gasteiger partial charge in [0.25, 0.3) is 5.91 Å². The van der Waals surface area contributed by atoms with Crippen LogP contribution in [0.4, 0.5) is 0 Å². The van der Waals surface area contributed by atoms with E-state index in [9.17, 15) is 4.79 Å². The number of carbonyl (C=O) groups is 1. The minimum atomic E-state index is -0.178. The molecule has 0 bridgehead atoms. The molecule has 2 rings (SSSR count). The van der Waals surface area contributed by atoms with Crippen LogP contribution in [-0.2, 0) is 13.0 Å². The quantitative estimate of drug-likeness (QED) is 0.818. The molecular weight excluding hydrogens is 266 g/mol. The second-order valence-corrected chi connectivity index (χ2v) is 5.16. The molecule has 0 aliphatic heterocycles. The predicted molar refractivity (Wildman–Crippen MR) is 81.1 cm³/mol. The Morgan fingerprint density at radius 1 is 1.29 bits per heavy atom. The zero-order chi connectivity index (χ0) is 15.1. The molecule has 0 fully saturated rings. The average Bonchev–Trinajstić information content (AvgIpc) is 2.95. The number of aromatic nitrogens is 3. The molecule has 1 amide bonds. The summed E-state index contributed by atoms with van der Waals surface area (Å²) in [6.07, 6.45) is 2.56. The first-order chi connectivity index (χ1) is 10.1. The van der Waals surface area contributed by atoms with Crippen molar-refractivity contribution in [2.45, 2.75) is 13.0 Å². The third kappa shape index (κ3) is 5.00. The first-order valence-electron chi connectivity index (χ1n) is 7.02. The molecule has 21 heavy (non-hydrogen) atoms. The SMILES string of the molecule is CN(C)CCNC(=O)c1cn(CCc2ccccc2)nn1. The molecule has 0 spiro atoms. The number of hydrogen-bond donors (Lipinski definition) is 1. The highest BCUT2D eigenvalue weighted by Gasteiger charge is 2.10. The molecule has 2 aromatic rings. The van der Waals surface area contributed by atoms with E-state index in [2.05, 4.69) is 27.8 Å². The van der Waals surface area contributed by atoms with Gasteiger partial charge in [0.2, 0.25) is 0 Å². The number of rotatable bonds is 7. The number of amides is 1. The molecule has 0 unspecified atom stereocenters. The molecule has 0 saturated carbocycles. The summed E-state index contributed by atoms with van der Waals surface area (Å²) in [4.78, 5) is 13.9. The maximum absolute atomic E-state index is 11.9. The van der Waals surface area contributed by atoms with Gasteiger partial charge in [-0.25, -0.2) is 0 Å². The number of carbonyl (C=O) groups excluding carboxylic acids is 1. The summed E-state index contributed by atoms with van der Waals surface area (Å²) in [7, 11) is 3.93. The van der Waals surface area contributed by atoms with E-state index in [0.29, 0.717) is 18.8 Å². The Balaban J connectivity index is 1.82. The van der Waals surface area contributed by atoms with Gasteiger partial charge in [-0.1, -0.05) is 35.5 Å². The molecule has 1 aromatic carbocycles. The van der Waals surface area contributed by atoms with Crippen LogP contribution in [0.3, 0.4) is 0 Å². The first-order valence-corrected chi connectivity index (χ1v) is 7.02. The van der Waals surface area contributed by atoms with E-state index < -0.39 is 0 Å². The van der Waals surface area contributed by atoms with E-state index >= 15 is 0 Å². The lowest BCUT2D eigenvalue weighted by atomic mass is 10.1. The van der Waals surface area contributed by atoms with Crippen molar-refractivity contribution < 1.29 is 4.79 Å². The van der Waals surface area contributed by atoms with Crippen molar-refractivity contribution in [1.29, 1.82) is 0 Å². The van der Waals surface area contributed by atoms with Crippen LogP contribution >= 0.6 is 0 Å². The topological polar surface area (TPSA) is 63.1 Å². The standard InChI is InChI=1S/C15H21N5O/c1-19(2)11-9-16-15(21)14-12-20(18-17-14)10-8-13-6-4-3-5-7-13/h3-7,12H,8-11H2,1-2H3,(H,16,21). The maximum Gasteiger partial charge on any atom is 0.273 e. The molecule has 1 heterocycles. The summed E-state index contributed by atoms with van der Waals surface area (Å²) in [5, 5.41) is 10.7. The Morgan fingerprint density at radius 2 is 2.05 bits per heavy atom. The molecular formula is C15H21N5O. The third-order valence-corrected chi connectivity index (χ3v) is 3.09. The fourth-order valence-corrected chi connectivity index (χ4v) is 1.88. The van der Waals surface area contributed by atoms with E-state index in [0.717, 1.165) is 13.0 Å². The Bertz CT molecular complexity index is 564. The number of aryl methyl sites for hydroxylation is 2. The van der Waals surface area contributed by atoms with Crippen LogP contribution in [0, 0.1) is 0 Å². The van der Waals surface area contributed by atoms with Gasteiger partial charge in [-0.05, 0) is 26.1 Å². The van der Waals surface area contributed by atoms with Gasteiger partial charge in [-0.3, -0.25) is 9.48 Å². The minimum Gasteiger partial charge on any atom is -0.349 e. The summed E-state index contributed by atoms with van der Waals surface area (Å²) in [6, 6.07) is 10.2. The molecule has 0 aliphatic carbocycles. The molecule has 0 radical (unpaired) electrons. The van der Waals surface area contributed by atoms with Crippen LogP contribution in [0.25, 0.3) is 0 Å². The first kappa shape index (κ1) is 15.2. The van der Waals surface area contributed by atoms with Gasteiger partial charge >= 0.3 is 0 Å². The van der Waals surface area contributed by atoms with E-state index in [4.69, 9.17) is 0 Å². The van der Waals surface area contributed by atoms with Crippen LogP contribution in [-0.4, -0.2) is 53.0 Å². The van der Waals surface area contributed by atoms with Crippen molar-refractivity contribution in [3.05, 3.63) is 47.8 Å². The number of nitrogens with one attached hydrogen (secondary N) is 1. The highest BCUT2D eigenvalue weighted by Crippen LogP contribution is 2.02. The van der Waals surface area contributed by atoms with E-state index in [1.165, 1.54) is 5.56 Å². The van der Waals surface area contributed by atoms with Gasteiger partial charge in [-0.15, -0.1) is 5.10 Å². The lowest BCUT2D eigenvalue weighted by molar-refractivity contribution is 0.0946. The summed E-state index contributed by atoms with van der Waals surface area (Å²) in [5.41, 5.74) is 1.60. The van der Waals surface area contributed by atoms with Crippen molar-refractivity contribution >= 4 is 5.91 Å². The van der Waals surface area contributed by atoms with Crippen LogP contribution in [0.2, 0.25) is 0 Å². The molecule has 0 aliphatic rings. The Kier molecular flexibility index (Phi) is 5.45. The van der Waals surface area contributed by atoms with Crippen molar-refractivity contribution in [1.82, 2.24) is 25.2 Å². The Hall–Kier alpha value is -2.21. The van der Waals surface area contributed by atoms with Crippen LogP contribution in [0.1, 0.15) is 16.1 Å². The Labute approximate surface area is 124 Å². The molecule has 0 atom stereocenters. The normalized spacial score (nSPS) is 10.8.